The summed E-state index contributed by atoms with van der Waals surface area (Å²) in [6, 6.07) is 0. The molecule has 0 aromatic heterocycles. The summed E-state index contributed by atoms with van der Waals surface area (Å²) in [4.78, 5) is 11.1. The summed E-state index contributed by atoms with van der Waals surface area (Å²) in [6.07, 6.45) is 0.425. The van der Waals surface area contributed by atoms with E-state index < -0.39 is 17.7 Å². The number of halogens is 1. The summed E-state index contributed by atoms with van der Waals surface area (Å²) in [5.74, 6) is -0.735. The van der Waals surface area contributed by atoms with Crippen molar-refractivity contribution in [2.45, 2.75) is 58.7 Å². The molecule has 0 N–H and O–H groups in total. The lowest BCUT2D eigenvalue weighted by Crippen LogP contribution is -2.29. The summed E-state index contributed by atoms with van der Waals surface area (Å²) < 4.78 is 17.9. The average Bonchev–Trinajstić information content (AvgIpc) is 1.96. The fourth-order valence-electron chi connectivity index (χ4n) is 0.867. The van der Waals surface area contributed by atoms with E-state index in [1.165, 1.54) is 0 Å². The molecule has 0 bridgehead atoms. The lowest BCUT2D eigenvalue weighted by Gasteiger charge is -2.20. The minimum Gasteiger partial charge on any atom is -0.458 e. The molecular weight excluding hydrogens is 171 g/mol. The van der Waals surface area contributed by atoms with E-state index in [9.17, 15) is 9.18 Å². The van der Waals surface area contributed by atoms with Crippen LogP contribution in [0.3, 0.4) is 0 Å². The zero-order valence-corrected chi connectivity index (χ0v) is 8.89. The molecule has 0 heterocycles. The third-order valence-corrected chi connectivity index (χ3v) is 1.47. The lowest BCUT2D eigenvalue weighted by atomic mass is 10.1. The summed E-state index contributed by atoms with van der Waals surface area (Å²) >= 11 is 0. The number of ether oxygens (including phenoxy) is 1. The van der Waals surface area contributed by atoms with Gasteiger partial charge in [-0.25, -0.2) is 9.18 Å². The van der Waals surface area contributed by atoms with Gasteiger partial charge < -0.3 is 4.74 Å². The molecule has 0 spiro atoms. The molecular formula is C10H19FO2. The molecule has 1 atom stereocenters. The van der Waals surface area contributed by atoms with Gasteiger partial charge in [-0.1, -0.05) is 19.8 Å². The van der Waals surface area contributed by atoms with Crippen LogP contribution in [0, 0.1) is 0 Å². The van der Waals surface area contributed by atoms with E-state index in [-0.39, 0.29) is 6.42 Å². The molecule has 0 rings (SSSR count). The maximum absolute atomic E-state index is 13.0. The van der Waals surface area contributed by atoms with E-state index in [0.717, 1.165) is 12.8 Å². The summed E-state index contributed by atoms with van der Waals surface area (Å²) in [5.41, 5.74) is -0.590. The summed E-state index contributed by atoms with van der Waals surface area (Å²) in [7, 11) is 0. The van der Waals surface area contributed by atoms with Crippen LogP contribution in [0.5, 0.6) is 0 Å². The second kappa shape index (κ2) is 5.20. The molecule has 0 amide bonds. The zero-order valence-electron chi connectivity index (χ0n) is 8.89. The van der Waals surface area contributed by atoms with Crippen molar-refractivity contribution in [3.63, 3.8) is 0 Å². The first kappa shape index (κ1) is 12.4. The number of hydrogen-bond donors (Lipinski definition) is 0. The number of alkyl halides is 1. The molecule has 2 nitrogen and oxygen atoms in total. The van der Waals surface area contributed by atoms with E-state index in [1.54, 1.807) is 20.8 Å². The van der Waals surface area contributed by atoms with Crippen molar-refractivity contribution < 1.29 is 13.9 Å². The van der Waals surface area contributed by atoms with Gasteiger partial charge in [-0.2, -0.15) is 0 Å². The summed E-state index contributed by atoms with van der Waals surface area (Å²) in [5, 5.41) is 0. The SMILES string of the molecule is CCCCC(F)C(=O)OC(C)(C)C. The standard InChI is InChI=1S/C10H19FO2/c1-5-6-7-8(11)9(12)13-10(2,3)4/h8H,5-7H2,1-4H3. The molecule has 0 saturated carbocycles. The Morgan fingerprint density at radius 2 is 2.00 bits per heavy atom. The quantitative estimate of drug-likeness (QED) is 0.637. The molecule has 78 valence electrons. The number of rotatable bonds is 4. The Kier molecular flexibility index (Phi) is 4.96. The Hall–Kier alpha value is -0.600. The van der Waals surface area contributed by atoms with Crippen molar-refractivity contribution in [2.75, 3.05) is 0 Å². The van der Waals surface area contributed by atoms with E-state index in [0.29, 0.717) is 0 Å². The number of esters is 1. The predicted molar refractivity (Wildman–Crippen MR) is 50.3 cm³/mol. The smallest absolute Gasteiger partial charge is 0.341 e. The highest BCUT2D eigenvalue weighted by atomic mass is 19.1. The second-order valence-corrected chi connectivity index (χ2v) is 4.14. The number of carbonyl (C=O) groups excluding carboxylic acids is 1. The molecule has 0 radical (unpaired) electrons. The first-order valence-corrected chi connectivity index (χ1v) is 4.73. The van der Waals surface area contributed by atoms with E-state index >= 15 is 0 Å². The topological polar surface area (TPSA) is 26.3 Å². The van der Waals surface area contributed by atoms with Gasteiger partial charge in [0.1, 0.15) is 5.60 Å². The van der Waals surface area contributed by atoms with Gasteiger partial charge in [0.15, 0.2) is 6.17 Å². The van der Waals surface area contributed by atoms with E-state index in [2.05, 4.69) is 0 Å². The van der Waals surface area contributed by atoms with E-state index in [4.69, 9.17) is 4.74 Å². The Labute approximate surface area is 79.5 Å². The van der Waals surface area contributed by atoms with Gasteiger partial charge in [-0.15, -0.1) is 0 Å². The van der Waals surface area contributed by atoms with Crippen molar-refractivity contribution >= 4 is 5.97 Å². The van der Waals surface area contributed by atoms with Gasteiger partial charge in [0.05, 0.1) is 0 Å². The number of carbonyl (C=O) groups is 1. The largest absolute Gasteiger partial charge is 0.458 e. The Morgan fingerprint density at radius 1 is 1.46 bits per heavy atom. The molecule has 0 saturated heterocycles. The Morgan fingerprint density at radius 3 is 2.38 bits per heavy atom. The molecule has 0 aliphatic rings. The van der Waals surface area contributed by atoms with E-state index in [1.807, 2.05) is 6.92 Å². The minimum atomic E-state index is -1.46. The predicted octanol–water partition coefficient (Wildman–Crippen LogP) is 2.86. The highest BCUT2D eigenvalue weighted by molar-refractivity contribution is 5.74. The van der Waals surface area contributed by atoms with Crippen LogP contribution < -0.4 is 0 Å². The fraction of sp³-hybridized carbons (Fsp3) is 0.900. The molecule has 0 aliphatic carbocycles. The van der Waals surface area contributed by atoms with Crippen LogP contribution >= 0.6 is 0 Å². The third kappa shape index (κ3) is 6.55. The molecule has 0 fully saturated rings. The van der Waals surface area contributed by atoms with Gasteiger partial charge in [0.2, 0.25) is 0 Å². The average molecular weight is 190 g/mol. The van der Waals surface area contributed by atoms with Gasteiger partial charge in [0, 0.05) is 0 Å². The minimum absolute atomic E-state index is 0.269. The maximum atomic E-state index is 13.0. The monoisotopic (exact) mass is 190 g/mol. The van der Waals surface area contributed by atoms with Crippen LogP contribution in [0.1, 0.15) is 47.0 Å². The van der Waals surface area contributed by atoms with Crippen molar-refractivity contribution in [2.24, 2.45) is 0 Å². The van der Waals surface area contributed by atoms with Crippen molar-refractivity contribution in [1.82, 2.24) is 0 Å². The fourth-order valence-corrected chi connectivity index (χ4v) is 0.867. The first-order valence-electron chi connectivity index (χ1n) is 4.73. The first-order chi connectivity index (χ1) is 5.87. The van der Waals surface area contributed by atoms with Gasteiger partial charge >= 0.3 is 5.97 Å². The van der Waals surface area contributed by atoms with Crippen LogP contribution in [0.15, 0.2) is 0 Å². The highest BCUT2D eigenvalue weighted by Crippen LogP contribution is 2.13. The highest BCUT2D eigenvalue weighted by Gasteiger charge is 2.23. The van der Waals surface area contributed by atoms with Gasteiger partial charge in [0.25, 0.3) is 0 Å². The van der Waals surface area contributed by atoms with Crippen molar-refractivity contribution in [3.8, 4) is 0 Å². The van der Waals surface area contributed by atoms with Crippen LogP contribution in [0.4, 0.5) is 4.39 Å². The molecule has 0 aromatic rings. The molecule has 3 heteroatoms. The van der Waals surface area contributed by atoms with Crippen LogP contribution in [0.2, 0.25) is 0 Å². The summed E-state index contributed by atoms with van der Waals surface area (Å²) in [6.45, 7) is 7.16. The Bertz CT molecular complexity index is 161. The molecule has 13 heavy (non-hydrogen) atoms. The van der Waals surface area contributed by atoms with Crippen LogP contribution in [-0.2, 0) is 9.53 Å². The molecule has 1 unspecified atom stereocenters. The zero-order chi connectivity index (χ0) is 10.5. The normalized spacial score (nSPS) is 13.9. The maximum Gasteiger partial charge on any atom is 0.341 e. The Balaban J connectivity index is 3.83. The van der Waals surface area contributed by atoms with Crippen LogP contribution in [-0.4, -0.2) is 17.7 Å². The third-order valence-electron chi connectivity index (χ3n) is 1.47. The molecule has 0 aromatic carbocycles. The molecule has 0 aliphatic heterocycles. The second-order valence-electron chi connectivity index (χ2n) is 4.14. The lowest BCUT2D eigenvalue weighted by molar-refractivity contribution is -0.161. The number of hydrogen-bond acceptors (Lipinski definition) is 2. The van der Waals surface area contributed by atoms with Gasteiger partial charge in [-0.3, -0.25) is 0 Å². The van der Waals surface area contributed by atoms with Crippen molar-refractivity contribution in [3.05, 3.63) is 0 Å². The van der Waals surface area contributed by atoms with Crippen LogP contribution in [0.25, 0.3) is 0 Å². The van der Waals surface area contributed by atoms with Gasteiger partial charge in [-0.05, 0) is 27.2 Å². The number of unbranched alkanes of at least 4 members (excludes halogenated alkanes) is 1. The van der Waals surface area contributed by atoms with Crippen molar-refractivity contribution in [1.29, 1.82) is 0 Å².